The maximum absolute atomic E-state index is 13.3. The van der Waals surface area contributed by atoms with E-state index in [1.54, 1.807) is 18.4 Å². The molecule has 1 saturated heterocycles. The lowest BCUT2D eigenvalue weighted by Gasteiger charge is -2.41. The lowest BCUT2D eigenvalue weighted by atomic mass is 9.89. The summed E-state index contributed by atoms with van der Waals surface area (Å²) in [5.41, 5.74) is 1.17. The van der Waals surface area contributed by atoms with Crippen molar-refractivity contribution in [2.24, 2.45) is 5.92 Å². The van der Waals surface area contributed by atoms with Crippen LogP contribution in [0, 0.1) is 5.92 Å². The number of piperidine rings is 1. The Balaban J connectivity index is 2.42. The Labute approximate surface area is 134 Å². The van der Waals surface area contributed by atoms with Crippen molar-refractivity contribution >= 4 is 20.9 Å². The van der Waals surface area contributed by atoms with Gasteiger partial charge in [0.25, 0.3) is 0 Å². The molecule has 4 heteroatoms. The summed E-state index contributed by atoms with van der Waals surface area (Å²) in [5.74, 6) is 0.593. The van der Waals surface area contributed by atoms with Crippen LogP contribution in [0.1, 0.15) is 38.3 Å². The van der Waals surface area contributed by atoms with E-state index in [9.17, 15) is 9.00 Å². The normalized spacial score (nSPS) is 25.2. The first kappa shape index (κ1) is 17.0. The fraction of sp³-hybridized carbons (Fsp3) is 0.444. The lowest BCUT2D eigenvalue weighted by molar-refractivity contribution is -0.122. The molecule has 0 aromatic heterocycles. The van der Waals surface area contributed by atoms with Gasteiger partial charge in [0.15, 0.2) is 0 Å². The van der Waals surface area contributed by atoms with Gasteiger partial charge in [0.1, 0.15) is 5.78 Å². The fourth-order valence-electron chi connectivity index (χ4n) is 3.12. The van der Waals surface area contributed by atoms with Crippen molar-refractivity contribution in [3.05, 3.63) is 48.6 Å². The molecule has 2 rings (SSSR count). The average molecular weight is 319 g/mol. The van der Waals surface area contributed by atoms with E-state index in [0.29, 0.717) is 12.3 Å². The Kier molecular flexibility index (Phi) is 5.59. The highest BCUT2D eigenvalue weighted by Gasteiger charge is 2.35. The molecule has 0 bridgehead atoms. The molecule has 1 unspecified atom stereocenters. The second-order valence-electron chi connectivity index (χ2n) is 5.79. The van der Waals surface area contributed by atoms with Crippen molar-refractivity contribution in [2.45, 2.75) is 32.7 Å². The van der Waals surface area contributed by atoms with Gasteiger partial charge in [-0.2, -0.15) is 0 Å². The van der Waals surface area contributed by atoms with Gasteiger partial charge in [-0.1, -0.05) is 36.4 Å². The van der Waals surface area contributed by atoms with E-state index in [1.165, 1.54) is 5.56 Å². The van der Waals surface area contributed by atoms with Crippen molar-refractivity contribution in [3.63, 3.8) is 0 Å². The van der Waals surface area contributed by atoms with Crippen LogP contribution in [-0.4, -0.2) is 32.0 Å². The van der Waals surface area contributed by atoms with Gasteiger partial charge in [-0.3, -0.25) is 9.00 Å². The summed E-state index contributed by atoms with van der Waals surface area (Å²) >= 11 is 0. The third-order valence-electron chi connectivity index (χ3n) is 4.42. The Morgan fingerprint density at radius 2 is 2.05 bits per heavy atom. The van der Waals surface area contributed by atoms with Gasteiger partial charge in [-0.15, -0.1) is 6.58 Å². The molecule has 1 aliphatic heterocycles. The number of Topliss-reactive ketones (excluding diaryl/α,β-unsaturated/α-hetero) is 1. The van der Waals surface area contributed by atoms with Crippen LogP contribution >= 0.6 is 0 Å². The van der Waals surface area contributed by atoms with Gasteiger partial charge in [0.2, 0.25) is 0 Å². The van der Waals surface area contributed by atoms with E-state index in [4.69, 9.17) is 0 Å². The molecule has 1 fully saturated rings. The highest BCUT2D eigenvalue weighted by Crippen LogP contribution is 2.36. The van der Waals surface area contributed by atoms with Crippen molar-refractivity contribution in [1.82, 2.24) is 4.31 Å². The predicted octanol–water partition coefficient (Wildman–Crippen LogP) is 3.24. The molecule has 0 saturated carbocycles. The molecule has 3 atom stereocenters. The maximum atomic E-state index is 13.3. The zero-order valence-corrected chi connectivity index (χ0v) is 14.2. The molecule has 1 aromatic carbocycles. The summed E-state index contributed by atoms with van der Waals surface area (Å²) in [5, 5.41) is 1.78. The predicted molar refractivity (Wildman–Crippen MR) is 94.2 cm³/mol. The highest BCUT2D eigenvalue weighted by atomic mass is 32.2. The van der Waals surface area contributed by atoms with Crippen molar-refractivity contribution in [3.8, 4) is 0 Å². The monoisotopic (exact) mass is 319 g/mol. The number of carbonyl (C=O) groups is 1. The van der Waals surface area contributed by atoms with E-state index in [-0.39, 0.29) is 17.7 Å². The minimum Gasteiger partial charge on any atom is -0.300 e. The van der Waals surface area contributed by atoms with Gasteiger partial charge in [0.05, 0.1) is 0 Å². The third kappa shape index (κ3) is 3.50. The van der Waals surface area contributed by atoms with E-state index in [1.807, 2.05) is 29.4 Å². The summed E-state index contributed by atoms with van der Waals surface area (Å²) < 4.78 is 15.4. The zero-order chi connectivity index (χ0) is 16.2. The van der Waals surface area contributed by atoms with Crippen LogP contribution in [0.5, 0.6) is 0 Å². The molecular formula is C18H25NO2S. The van der Waals surface area contributed by atoms with Crippen LogP contribution in [0.3, 0.4) is 0 Å². The summed E-state index contributed by atoms with van der Waals surface area (Å²) in [6.07, 6.45) is 3.43. The second kappa shape index (κ2) is 7.25. The Morgan fingerprint density at radius 1 is 1.36 bits per heavy atom. The average Bonchev–Trinajstić information content (AvgIpc) is 2.55. The van der Waals surface area contributed by atoms with Gasteiger partial charge < -0.3 is 0 Å². The number of nitrogens with zero attached hydrogens (tertiary/aromatic N) is 1. The quantitative estimate of drug-likeness (QED) is 0.617. The van der Waals surface area contributed by atoms with Crippen LogP contribution in [0.4, 0.5) is 0 Å². The Morgan fingerprint density at radius 3 is 2.59 bits per heavy atom. The molecule has 22 heavy (non-hydrogen) atoms. The second-order valence-corrected chi connectivity index (χ2v) is 8.45. The highest BCUT2D eigenvalue weighted by molar-refractivity contribution is 7.99. The number of rotatable bonds is 5. The van der Waals surface area contributed by atoms with Gasteiger partial charge in [0, 0.05) is 34.0 Å². The molecule has 3 nitrogen and oxygen atoms in total. The van der Waals surface area contributed by atoms with Crippen LogP contribution in [0.25, 0.3) is 0 Å². The standard InChI is InChI=1S/C18H25NO2S/c1-4-13-22(21,5-2)19-14-17(15(3)20)11-12-18(19)16-9-7-6-8-10-16/h4-10,17-18H,1,11-14H2,2-3H3/t17-,18-,22?/m1/s1. The third-order valence-corrected chi connectivity index (χ3v) is 7.07. The van der Waals surface area contributed by atoms with Crippen LogP contribution in [0.15, 0.2) is 43.0 Å². The summed E-state index contributed by atoms with van der Waals surface area (Å²) in [6, 6.07) is 10.3. The minimum atomic E-state index is -2.30. The first-order valence-electron chi connectivity index (χ1n) is 7.76. The largest absolute Gasteiger partial charge is 0.300 e. The number of carbonyl (C=O) groups excluding carboxylic acids is 1. The smallest absolute Gasteiger partial charge is 0.134 e. The molecular weight excluding hydrogens is 294 g/mol. The molecule has 0 amide bonds. The maximum Gasteiger partial charge on any atom is 0.134 e. The van der Waals surface area contributed by atoms with Gasteiger partial charge in [-0.05, 0) is 37.6 Å². The topological polar surface area (TPSA) is 37.4 Å². The SMILES string of the molecule is C=CCS(=O)(=CC)N1C[C@H](C(C)=O)CC[C@@H]1c1ccccc1. The van der Waals surface area contributed by atoms with Crippen molar-refractivity contribution in [1.29, 1.82) is 0 Å². The first-order valence-corrected chi connectivity index (χ1v) is 9.51. The van der Waals surface area contributed by atoms with E-state index < -0.39 is 9.71 Å². The molecule has 120 valence electrons. The van der Waals surface area contributed by atoms with Crippen molar-refractivity contribution < 1.29 is 9.00 Å². The summed E-state index contributed by atoms with van der Waals surface area (Å²) in [6.45, 7) is 7.78. The number of hydrogen-bond acceptors (Lipinski definition) is 2. The minimum absolute atomic E-state index is 0.0226. The number of benzene rings is 1. The molecule has 0 spiro atoms. The molecule has 1 heterocycles. The summed E-state index contributed by atoms with van der Waals surface area (Å²) in [4.78, 5) is 11.8. The van der Waals surface area contributed by atoms with Gasteiger partial charge in [-0.25, -0.2) is 4.31 Å². The Hall–Kier alpha value is -1.39. The first-order chi connectivity index (χ1) is 10.5. The van der Waals surface area contributed by atoms with E-state index >= 15 is 0 Å². The van der Waals surface area contributed by atoms with Crippen LogP contribution < -0.4 is 0 Å². The Bertz CT molecular complexity index is 644. The molecule has 1 aliphatic rings. The zero-order valence-electron chi connectivity index (χ0n) is 13.4. The summed E-state index contributed by atoms with van der Waals surface area (Å²) in [7, 11) is -2.30. The molecule has 0 radical (unpaired) electrons. The molecule has 0 N–H and O–H groups in total. The molecule has 1 aromatic rings. The molecule has 0 aliphatic carbocycles. The fourth-order valence-corrected chi connectivity index (χ4v) is 5.20. The van der Waals surface area contributed by atoms with Crippen LogP contribution in [-0.2, 0) is 14.5 Å². The van der Waals surface area contributed by atoms with Gasteiger partial charge >= 0.3 is 0 Å². The van der Waals surface area contributed by atoms with Crippen LogP contribution in [0.2, 0.25) is 0 Å². The lowest BCUT2D eigenvalue weighted by Crippen LogP contribution is -2.45. The number of ketones is 1. The van der Waals surface area contributed by atoms with Crippen molar-refractivity contribution in [2.75, 3.05) is 12.3 Å². The van der Waals surface area contributed by atoms with E-state index in [2.05, 4.69) is 18.7 Å². The number of hydrogen-bond donors (Lipinski definition) is 0. The van der Waals surface area contributed by atoms with E-state index in [0.717, 1.165) is 12.8 Å².